The van der Waals surface area contributed by atoms with Gasteiger partial charge in [0.05, 0.1) is 42.3 Å². The van der Waals surface area contributed by atoms with Crippen molar-refractivity contribution in [2.45, 2.75) is 52.1 Å². The number of rotatable bonds is 8. The Labute approximate surface area is 290 Å². The molecular weight excluding hydrogens is 638 g/mol. The number of hydrogen-bond acceptors (Lipinski definition) is 8. The second-order valence-corrected chi connectivity index (χ2v) is 13.4. The number of methoxy groups -OCH3 is 2. The Morgan fingerprint density at radius 1 is 1.00 bits per heavy atom. The topological polar surface area (TPSA) is 141 Å². The third-order valence-corrected chi connectivity index (χ3v) is 8.98. The fraction of sp³-hybridized carbons (Fsp3) is 0.378. The van der Waals surface area contributed by atoms with Crippen LogP contribution < -0.4 is 20.1 Å². The van der Waals surface area contributed by atoms with E-state index in [1.54, 1.807) is 46.1 Å². The molecule has 262 valence electrons. The van der Waals surface area contributed by atoms with Crippen LogP contribution in [0.4, 0.5) is 10.5 Å². The van der Waals surface area contributed by atoms with E-state index < -0.39 is 11.7 Å². The summed E-state index contributed by atoms with van der Waals surface area (Å²) in [4.78, 5) is 49.9. The molecule has 13 nitrogen and oxygen atoms in total. The van der Waals surface area contributed by atoms with Gasteiger partial charge in [0, 0.05) is 49.4 Å². The molecule has 0 aliphatic carbocycles. The number of alkyl carbamates (subject to hydrolysis) is 1. The van der Waals surface area contributed by atoms with Gasteiger partial charge in [-0.1, -0.05) is 12.1 Å². The van der Waals surface area contributed by atoms with Crippen LogP contribution in [0.25, 0.3) is 27.7 Å². The summed E-state index contributed by atoms with van der Waals surface area (Å²) in [5.41, 5.74) is 4.52. The van der Waals surface area contributed by atoms with Crippen molar-refractivity contribution in [1.29, 1.82) is 0 Å². The highest BCUT2D eigenvalue weighted by Gasteiger charge is 2.29. The van der Waals surface area contributed by atoms with Crippen LogP contribution in [-0.2, 0) is 16.6 Å². The molecule has 13 heteroatoms. The number of benzene rings is 2. The monoisotopic (exact) mass is 681 g/mol. The number of anilines is 1. The van der Waals surface area contributed by atoms with Crippen LogP contribution in [0.1, 0.15) is 61.5 Å². The van der Waals surface area contributed by atoms with Crippen LogP contribution >= 0.6 is 0 Å². The van der Waals surface area contributed by atoms with Gasteiger partial charge in [0.25, 0.3) is 5.91 Å². The number of hydrogen-bond donors (Lipinski definition) is 2. The molecule has 0 radical (unpaired) electrons. The third-order valence-electron chi connectivity index (χ3n) is 8.98. The molecular formula is C37H43N7O6. The Morgan fingerprint density at radius 2 is 1.74 bits per heavy atom. The van der Waals surface area contributed by atoms with E-state index in [0.29, 0.717) is 48.8 Å². The number of amides is 3. The lowest BCUT2D eigenvalue weighted by Crippen LogP contribution is -2.44. The molecule has 0 bridgehead atoms. The maximum absolute atomic E-state index is 13.5. The predicted octanol–water partition coefficient (Wildman–Crippen LogP) is 5.70. The molecule has 3 amide bonds. The smallest absolute Gasteiger partial charge is 0.408 e. The van der Waals surface area contributed by atoms with Gasteiger partial charge in [-0.25, -0.2) is 9.78 Å². The Hall–Kier alpha value is -5.59. The highest BCUT2D eigenvalue weighted by molar-refractivity contribution is 6.08. The van der Waals surface area contributed by atoms with E-state index in [1.807, 2.05) is 67.2 Å². The number of nitrogens with zero attached hydrogens (tertiary/aromatic N) is 5. The average Bonchev–Trinajstić information content (AvgIpc) is 3.66. The second kappa shape index (κ2) is 13.7. The highest BCUT2D eigenvalue weighted by Crippen LogP contribution is 2.37. The van der Waals surface area contributed by atoms with Crippen molar-refractivity contribution in [2.75, 3.05) is 39.2 Å². The normalized spacial score (nSPS) is 13.8. The van der Waals surface area contributed by atoms with E-state index in [4.69, 9.17) is 19.2 Å². The number of ether oxygens (including phenoxy) is 3. The van der Waals surface area contributed by atoms with Crippen molar-refractivity contribution in [3.05, 3.63) is 72.1 Å². The zero-order chi connectivity index (χ0) is 35.7. The Balaban J connectivity index is 1.21. The summed E-state index contributed by atoms with van der Waals surface area (Å²) in [6.07, 6.45) is 4.50. The maximum Gasteiger partial charge on any atom is 0.408 e. The van der Waals surface area contributed by atoms with Crippen LogP contribution in [-0.4, -0.2) is 81.2 Å². The van der Waals surface area contributed by atoms with Gasteiger partial charge in [0.15, 0.2) is 0 Å². The minimum Gasteiger partial charge on any atom is -0.496 e. The molecule has 2 N–H and O–H groups in total. The minimum absolute atomic E-state index is 0.0980. The first-order chi connectivity index (χ1) is 23.9. The maximum atomic E-state index is 13.5. The fourth-order valence-electron chi connectivity index (χ4n) is 6.53. The number of fused-ring (bicyclic) bond motifs is 2. The summed E-state index contributed by atoms with van der Waals surface area (Å²) < 4.78 is 20.4. The van der Waals surface area contributed by atoms with Gasteiger partial charge >= 0.3 is 6.09 Å². The van der Waals surface area contributed by atoms with Gasteiger partial charge in [-0.05, 0) is 70.9 Å². The molecule has 50 heavy (non-hydrogen) atoms. The van der Waals surface area contributed by atoms with Gasteiger partial charge in [-0.3, -0.25) is 19.0 Å². The summed E-state index contributed by atoms with van der Waals surface area (Å²) in [6, 6.07) is 13.1. The largest absolute Gasteiger partial charge is 0.496 e. The second-order valence-electron chi connectivity index (χ2n) is 13.4. The molecule has 0 atom stereocenters. The van der Waals surface area contributed by atoms with E-state index >= 15 is 0 Å². The lowest BCUT2D eigenvalue weighted by molar-refractivity contribution is -0.131. The van der Waals surface area contributed by atoms with E-state index in [1.165, 1.54) is 0 Å². The zero-order valence-electron chi connectivity index (χ0n) is 29.5. The lowest BCUT2D eigenvalue weighted by Gasteiger charge is -2.31. The van der Waals surface area contributed by atoms with E-state index in [2.05, 4.69) is 20.0 Å². The van der Waals surface area contributed by atoms with Gasteiger partial charge in [-0.15, -0.1) is 0 Å². The van der Waals surface area contributed by atoms with E-state index in [0.717, 1.165) is 39.2 Å². The Bertz CT molecular complexity index is 2090. The summed E-state index contributed by atoms with van der Waals surface area (Å²) in [5, 5.41) is 6.42. The molecule has 3 aromatic heterocycles. The van der Waals surface area contributed by atoms with Crippen LogP contribution in [0, 0.1) is 6.92 Å². The number of likely N-dealkylation sites (tertiary alicyclic amines) is 1. The van der Waals surface area contributed by atoms with Crippen molar-refractivity contribution >= 4 is 40.0 Å². The summed E-state index contributed by atoms with van der Waals surface area (Å²) in [5.74, 6) is 1.74. The van der Waals surface area contributed by atoms with E-state index in [9.17, 15) is 14.4 Å². The molecule has 0 spiro atoms. The van der Waals surface area contributed by atoms with Crippen LogP contribution in [0.3, 0.4) is 0 Å². The first-order valence-corrected chi connectivity index (χ1v) is 16.6. The SMILES string of the molecule is COc1cc(-c2nc(C3CCN(C(=O)CNC(=O)OC(C)(C)C)CC3)n3ccnc(C)c23)ccc1NC(=O)c1cc2c(OC)cccc2n1C. The number of carbonyl (C=O) groups excluding carboxylic acids is 3. The van der Waals surface area contributed by atoms with Gasteiger partial charge in [-0.2, -0.15) is 0 Å². The number of imidazole rings is 1. The molecule has 4 heterocycles. The van der Waals surface area contributed by atoms with Gasteiger partial charge < -0.3 is 34.3 Å². The first kappa shape index (κ1) is 34.3. The van der Waals surface area contributed by atoms with E-state index in [-0.39, 0.29) is 24.3 Å². The third kappa shape index (κ3) is 6.80. The minimum atomic E-state index is -0.637. The highest BCUT2D eigenvalue weighted by atomic mass is 16.6. The molecule has 1 aliphatic rings. The Morgan fingerprint density at radius 3 is 2.44 bits per heavy atom. The molecule has 6 rings (SSSR count). The fourth-order valence-corrected chi connectivity index (χ4v) is 6.53. The first-order valence-electron chi connectivity index (χ1n) is 16.6. The van der Waals surface area contributed by atoms with Gasteiger partial charge in [0.1, 0.15) is 35.2 Å². The summed E-state index contributed by atoms with van der Waals surface area (Å²) in [6.45, 7) is 8.25. The van der Waals surface area contributed by atoms with Crippen LogP contribution in [0.15, 0.2) is 54.9 Å². The number of carbonyl (C=O) groups is 3. The summed E-state index contributed by atoms with van der Waals surface area (Å²) >= 11 is 0. The average molecular weight is 682 g/mol. The number of piperidine rings is 1. The molecule has 1 aliphatic heterocycles. The number of aromatic nitrogens is 4. The molecule has 0 saturated carbocycles. The number of nitrogens with one attached hydrogen (secondary N) is 2. The van der Waals surface area contributed by atoms with Crippen LogP contribution in [0.2, 0.25) is 0 Å². The molecule has 5 aromatic rings. The van der Waals surface area contributed by atoms with Crippen molar-refractivity contribution in [3.63, 3.8) is 0 Å². The molecule has 1 saturated heterocycles. The van der Waals surface area contributed by atoms with Crippen molar-refractivity contribution in [2.24, 2.45) is 7.05 Å². The van der Waals surface area contributed by atoms with Gasteiger partial charge in [0.2, 0.25) is 5.91 Å². The van der Waals surface area contributed by atoms with Crippen molar-refractivity contribution in [1.82, 2.24) is 29.2 Å². The number of aryl methyl sites for hydroxylation is 2. The predicted molar refractivity (Wildman–Crippen MR) is 190 cm³/mol. The standard InChI is InChI=1S/C37H43N7O6/c1-22-33-32(24-11-12-26(30(19-24)49-7)40-35(46)28-20-25-27(42(28)5)9-8-10-29(25)48-6)41-34(44(33)18-15-38-22)23-13-16-43(17-14-23)31(45)21-39-36(47)50-37(2,3)4/h8-12,15,18-20,23H,13-14,16-17,21H2,1-7H3,(H,39,47)(H,40,46). The van der Waals surface area contributed by atoms with Crippen LogP contribution in [0.5, 0.6) is 11.5 Å². The lowest BCUT2D eigenvalue weighted by atomic mass is 9.96. The summed E-state index contributed by atoms with van der Waals surface area (Å²) in [7, 11) is 5.03. The molecule has 1 fully saturated rings. The van der Waals surface area contributed by atoms with Crippen molar-refractivity contribution < 1.29 is 28.6 Å². The molecule has 2 aromatic carbocycles. The van der Waals surface area contributed by atoms with Crippen molar-refractivity contribution in [3.8, 4) is 22.8 Å². The Kier molecular flexibility index (Phi) is 9.41. The molecule has 0 unspecified atom stereocenters. The quantitative estimate of drug-likeness (QED) is 0.213. The zero-order valence-corrected chi connectivity index (χ0v) is 29.5.